The van der Waals surface area contributed by atoms with Gasteiger partial charge >= 0.3 is 0 Å². The lowest BCUT2D eigenvalue weighted by atomic mass is 10.0. The van der Waals surface area contributed by atoms with Crippen molar-refractivity contribution in [1.29, 1.82) is 0 Å². The lowest BCUT2D eigenvalue weighted by Crippen LogP contribution is -2.45. The second-order valence-electron chi connectivity index (χ2n) is 5.07. The minimum atomic E-state index is -2.35. The van der Waals surface area contributed by atoms with Gasteiger partial charge in [0.05, 0.1) is 14.2 Å². The smallest absolute Gasteiger partial charge is 0.240 e. The summed E-state index contributed by atoms with van der Waals surface area (Å²) in [5, 5.41) is 3.24. The Morgan fingerprint density at radius 1 is 1.09 bits per heavy atom. The van der Waals surface area contributed by atoms with Gasteiger partial charge in [-0.1, -0.05) is 0 Å². The lowest BCUT2D eigenvalue weighted by molar-refractivity contribution is 0.0737. The van der Waals surface area contributed by atoms with Crippen molar-refractivity contribution in [3.8, 4) is 11.5 Å². The molecule has 1 saturated heterocycles. The van der Waals surface area contributed by atoms with E-state index < -0.39 is 6.43 Å². The third-order valence-corrected chi connectivity index (χ3v) is 3.75. The molecule has 1 aliphatic heterocycles. The summed E-state index contributed by atoms with van der Waals surface area (Å²) < 4.78 is 36.5. The van der Waals surface area contributed by atoms with Crippen LogP contribution < -0.4 is 14.8 Å². The van der Waals surface area contributed by atoms with Crippen molar-refractivity contribution in [1.82, 2.24) is 10.2 Å². The quantitative estimate of drug-likeness (QED) is 0.866. The van der Waals surface area contributed by atoms with Crippen LogP contribution in [0.1, 0.15) is 18.0 Å². The minimum Gasteiger partial charge on any atom is -0.497 e. The first-order chi connectivity index (χ1) is 10.1. The zero-order valence-corrected chi connectivity index (χ0v) is 13.7. The highest BCUT2D eigenvalue weighted by Gasteiger charge is 2.26. The van der Waals surface area contributed by atoms with Gasteiger partial charge in [0.25, 0.3) is 0 Å². The third-order valence-electron chi connectivity index (χ3n) is 3.75. The summed E-state index contributed by atoms with van der Waals surface area (Å²) in [6, 6.07) is 5.06. The van der Waals surface area contributed by atoms with Gasteiger partial charge in [-0.05, 0) is 17.7 Å². The fraction of sp³-hybridized carbons (Fsp3) is 0.600. The third kappa shape index (κ3) is 4.97. The predicted molar refractivity (Wildman–Crippen MR) is 84.6 cm³/mol. The summed E-state index contributed by atoms with van der Waals surface area (Å²) in [5.74, 6) is 1.25. The number of ether oxygens (including phenoxy) is 2. The number of hydrogen-bond donors (Lipinski definition) is 1. The van der Waals surface area contributed by atoms with Gasteiger partial charge < -0.3 is 14.8 Å². The van der Waals surface area contributed by atoms with Crippen molar-refractivity contribution >= 4 is 12.4 Å². The molecule has 1 aliphatic rings. The molecule has 0 bridgehead atoms. The Morgan fingerprint density at radius 2 is 1.64 bits per heavy atom. The number of alkyl halides is 2. The van der Waals surface area contributed by atoms with Crippen LogP contribution in [0.4, 0.5) is 8.78 Å². The van der Waals surface area contributed by atoms with Gasteiger partial charge in [0.15, 0.2) is 0 Å². The number of nitrogens with zero attached hydrogens (tertiary/aromatic N) is 1. The van der Waals surface area contributed by atoms with Gasteiger partial charge in [-0.2, -0.15) is 0 Å². The Morgan fingerprint density at radius 3 is 2.09 bits per heavy atom. The van der Waals surface area contributed by atoms with Gasteiger partial charge in [-0.25, -0.2) is 8.78 Å². The first-order valence-electron chi connectivity index (χ1n) is 7.10. The van der Waals surface area contributed by atoms with Crippen LogP contribution in [-0.4, -0.2) is 51.7 Å². The summed E-state index contributed by atoms with van der Waals surface area (Å²) in [6.45, 7) is 3.16. The lowest BCUT2D eigenvalue weighted by Gasteiger charge is -2.35. The second-order valence-corrected chi connectivity index (χ2v) is 5.07. The normalized spacial score (nSPS) is 17.0. The highest BCUT2D eigenvalue weighted by atomic mass is 35.5. The summed E-state index contributed by atoms with van der Waals surface area (Å²) in [6.07, 6.45) is -2.53. The number of methoxy groups -OCH3 is 2. The molecule has 126 valence electrons. The van der Waals surface area contributed by atoms with Crippen molar-refractivity contribution in [2.45, 2.75) is 18.9 Å². The van der Waals surface area contributed by atoms with Crippen LogP contribution in [0.3, 0.4) is 0 Å². The van der Waals surface area contributed by atoms with E-state index in [0.717, 1.165) is 31.7 Å². The Hall–Kier alpha value is -1.11. The molecule has 0 saturated carbocycles. The molecule has 0 aliphatic carbocycles. The number of nitrogens with one attached hydrogen (secondary N) is 1. The maximum atomic E-state index is 13.0. The predicted octanol–water partition coefficient (Wildman–Crippen LogP) is 2.73. The zero-order valence-electron chi connectivity index (χ0n) is 12.9. The molecule has 22 heavy (non-hydrogen) atoms. The number of piperazine rings is 1. The van der Waals surface area contributed by atoms with Crippen molar-refractivity contribution in [2.75, 3.05) is 40.4 Å². The molecule has 0 spiro atoms. The standard InChI is InChI=1S/C15H22F2N2O2.ClH/c1-20-12-7-11(8-13(9-12)21-2)14(10-15(16)17)19-5-3-18-4-6-19;/h7-9,14-15,18H,3-6,10H2,1-2H3;1H/t14-;/m1./s1. The monoisotopic (exact) mass is 336 g/mol. The molecule has 0 unspecified atom stereocenters. The molecule has 7 heteroatoms. The first kappa shape index (κ1) is 18.9. The highest BCUT2D eigenvalue weighted by molar-refractivity contribution is 5.85. The van der Waals surface area contributed by atoms with E-state index in [0.29, 0.717) is 11.5 Å². The molecule has 4 nitrogen and oxygen atoms in total. The molecule has 0 amide bonds. The summed E-state index contributed by atoms with van der Waals surface area (Å²) in [4.78, 5) is 2.09. The van der Waals surface area contributed by atoms with Crippen molar-refractivity contribution in [3.05, 3.63) is 23.8 Å². The average molecular weight is 337 g/mol. The summed E-state index contributed by atoms with van der Waals surface area (Å²) >= 11 is 0. The maximum absolute atomic E-state index is 13.0. The largest absolute Gasteiger partial charge is 0.497 e. The van der Waals surface area contributed by atoms with Gasteiger partial charge in [0, 0.05) is 44.7 Å². The zero-order chi connectivity index (χ0) is 15.2. The topological polar surface area (TPSA) is 33.7 Å². The molecule has 2 rings (SSSR count). The average Bonchev–Trinajstić information content (AvgIpc) is 2.52. The SMILES string of the molecule is COc1cc(OC)cc([C@@H](CC(F)F)N2CCNCC2)c1.Cl. The van der Waals surface area contributed by atoms with E-state index in [-0.39, 0.29) is 24.9 Å². The fourth-order valence-electron chi connectivity index (χ4n) is 2.68. The van der Waals surface area contributed by atoms with E-state index in [1.165, 1.54) is 0 Å². The van der Waals surface area contributed by atoms with Crippen LogP contribution in [0.5, 0.6) is 11.5 Å². The Bertz CT molecular complexity index is 435. The fourth-order valence-corrected chi connectivity index (χ4v) is 2.68. The second kappa shape index (κ2) is 9.12. The number of benzene rings is 1. The Kier molecular flexibility index (Phi) is 7.85. The van der Waals surface area contributed by atoms with E-state index in [9.17, 15) is 8.78 Å². The van der Waals surface area contributed by atoms with E-state index in [1.54, 1.807) is 20.3 Å². The molecule has 1 fully saturated rings. The van der Waals surface area contributed by atoms with E-state index >= 15 is 0 Å². The molecule has 1 heterocycles. The molecule has 1 N–H and O–H groups in total. The van der Waals surface area contributed by atoms with Crippen LogP contribution in [0, 0.1) is 0 Å². The minimum absolute atomic E-state index is 0. The van der Waals surface area contributed by atoms with E-state index in [1.807, 2.05) is 12.1 Å². The molecular formula is C15H23ClF2N2O2. The first-order valence-corrected chi connectivity index (χ1v) is 7.10. The molecular weight excluding hydrogens is 314 g/mol. The van der Waals surface area contributed by atoms with Gasteiger partial charge in [0.2, 0.25) is 6.43 Å². The van der Waals surface area contributed by atoms with Crippen molar-refractivity contribution in [3.63, 3.8) is 0 Å². The van der Waals surface area contributed by atoms with Crippen LogP contribution >= 0.6 is 12.4 Å². The van der Waals surface area contributed by atoms with Crippen molar-refractivity contribution in [2.24, 2.45) is 0 Å². The van der Waals surface area contributed by atoms with Gasteiger partial charge in [-0.3, -0.25) is 4.90 Å². The van der Waals surface area contributed by atoms with E-state index in [4.69, 9.17) is 9.47 Å². The van der Waals surface area contributed by atoms with E-state index in [2.05, 4.69) is 10.2 Å². The Labute approximate surface area is 136 Å². The maximum Gasteiger partial charge on any atom is 0.240 e. The van der Waals surface area contributed by atoms with Crippen LogP contribution in [0.2, 0.25) is 0 Å². The molecule has 0 aromatic heterocycles. The molecule has 0 radical (unpaired) electrons. The van der Waals surface area contributed by atoms with Crippen LogP contribution in [0.15, 0.2) is 18.2 Å². The molecule has 1 aromatic carbocycles. The van der Waals surface area contributed by atoms with Gasteiger partial charge in [0.1, 0.15) is 11.5 Å². The molecule has 1 atom stereocenters. The number of rotatable bonds is 6. The number of hydrogen-bond acceptors (Lipinski definition) is 4. The van der Waals surface area contributed by atoms with Gasteiger partial charge in [-0.15, -0.1) is 12.4 Å². The van der Waals surface area contributed by atoms with Crippen LogP contribution in [-0.2, 0) is 0 Å². The molecule has 1 aromatic rings. The summed E-state index contributed by atoms with van der Waals surface area (Å²) in [5.41, 5.74) is 0.813. The Balaban J connectivity index is 0.00000242. The highest BCUT2D eigenvalue weighted by Crippen LogP contribution is 2.33. The van der Waals surface area contributed by atoms with Crippen molar-refractivity contribution < 1.29 is 18.3 Å². The van der Waals surface area contributed by atoms with Crippen LogP contribution in [0.25, 0.3) is 0 Å². The summed E-state index contributed by atoms with van der Waals surface area (Å²) in [7, 11) is 3.12. The number of halogens is 3.